The minimum atomic E-state index is -0.0734. The fraction of sp³-hybridized carbons (Fsp3) is 0.0357. The van der Waals surface area contributed by atoms with Crippen molar-refractivity contribution in [1.82, 2.24) is 5.32 Å². The van der Waals surface area contributed by atoms with Gasteiger partial charge in [-0.2, -0.15) is 0 Å². The Bertz CT molecular complexity index is 1310. The highest BCUT2D eigenvalue weighted by molar-refractivity contribution is 6.21. The van der Waals surface area contributed by atoms with Gasteiger partial charge in [-0.15, -0.1) is 0 Å². The van der Waals surface area contributed by atoms with E-state index in [0.29, 0.717) is 5.56 Å². The second-order valence-electron chi connectivity index (χ2n) is 7.36. The molecule has 5 aromatic carbocycles. The lowest BCUT2D eigenvalue weighted by molar-refractivity contribution is 0.0963. The van der Waals surface area contributed by atoms with Crippen molar-refractivity contribution in [1.29, 1.82) is 0 Å². The van der Waals surface area contributed by atoms with Crippen molar-refractivity contribution in [2.45, 2.75) is 0 Å². The van der Waals surface area contributed by atoms with E-state index in [4.69, 9.17) is 0 Å². The molecule has 1 N–H and O–H groups in total. The molecule has 0 fully saturated rings. The van der Waals surface area contributed by atoms with Gasteiger partial charge in [0.2, 0.25) is 0 Å². The average molecular weight is 387 g/mol. The highest BCUT2D eigenvalue weighted by Gasteiger charge is 2.16. The predicted molar refractivity (Wildman–Crippen MR) is 126 cm³/mol. The molecule has 5 rings (SSSR count). The van der Waals surface area contributed by atoms with E-state index in [1.807, 2.05) is 24.3 Å². The molecule has 0 aliphatic rings. The first kappa shape index (κ1) is 18.1. The molecule has 0 aliphatic heterocycles. The van der Waals surface area contributed by atoms with Crippen molar-refractivity contribution in [2.24, 2.45) is 0 Å². The van der Waals surface area contributed by atoms with Crippen LogP contribution in [0.2, 0.25) is 0 Å². The molecule has 0 bridgehead atoms. The topological polar surface area (TPSA) is 29.1 Å². The first-order valence-corrected chi connectivity index (χ1v) is 10.1. The minimum absolute atomic E-state index is 0.0734. The number of hydrogen-bond acceptors (Lipinski definition) is 1. The van der Waals surface area contributed by atoms with Crippen LogP contribution >= 0.6 is 0 Å². The van der Waals surface area contributed by atoms with Crippen LogP contribution in [0, 0.1) is 0 Å². The van der Waals surface area contributed by atoms with Crippen LogP contribution in [0.25, 0.3) is 43.8 Å². The molecule has 0 radical (unpaired) electrons. The van der Waals surface area contributed by atoms with Gasteiger partial charge in [0.1, 0.15) is 0 Å². The number of carbonyl (C=O) groups excluding carboxylic acids is 1. The summed E-state index contributed by atoms with van der Waals surface area (Å²) in [5, 5.41) is 7.57. The van der Waals surface area contributed by atoms with Gasteiger partial charge in [0.15, 0.2) is 0 Å². The summed E-state index contributed by atoms with van der Waals surface area (Å²) >= 11 is 0. The van der Waals surface area contributed by atoms with Gasteiger partial charge in [-0.05, 0) is 55.9 Å². The van der Waals surface area contributed by atoms with Crippen molar-refractivity contribution < 1.29 is 4.79 Å². The monoisotopic (exact) mass is 387 g/mol. The summed E-state index contributed by atoms with van der Waals surface area (Å²) in [5.41, 5.74) is 5.44. The third-order valence-electron chi connectivity index (χ3n) is 5.66. The van der Waals surface area contributed by atoms with Gasteiger partial charge in [0.25, 0.3) is 5.91 Å². The Balaban J connectivity index is 1.87. The molecule has 30 heavy (non-hydrogen) atoms. The molecule has 0 aliphatic carbocycles. The number of fused-ring (bicyclic) bond motifs is 2. The lowest BCUT2D eigenvalue weighted by Gasteiger charge is -2.17. The molecule has 0 heterocycles. The van der Waals surface area contributed by atoms with E-state index in [-0.39, 0.29) is 5.91 Å². The first-order valence-electron chi connectivity index (χ1n) is 10.1. The second-order valence-corrected chi connectivity index (χ2v) is 7.36. The van der Waals surface area contributed by atoms with E-state index >= 15 is 0 Å². The van der Waals surface area contributed by atoms with Crippen LogP contribution < -0.4 is 5.32 Å². The number of benzene rings is 5. The van der Waals surface area contributed by atoms with E-state index in [1.54, 1.807) is 7.05 Å². The van der Waals surface area contributed by atoms with Gasteiger partial charge in [-0.25, -0.2) is 0 Å². The first-order chi connectivity index (χ1) is 14.8. The lowest BCUT2D eigenvalue weighted by atomic mass is 9.86. The summed E-state index contributed by atoms with van der Waals surface area (Å²) in [6.45, 7) is 0. The quantitative estimate of drug-likeness (QED) is 0.343. The van der Waals surface area contributed by atoms with Crippen molar-refractivity contribution in [3.8, 4) is 22.3 Å². The standard InChI is InChI=1S/C28H21NO/c1-29-28(30)21-17-15-20(16-18-21)27-24-13-7-5-11-22(24)26(19-9-3-2-4-10-19)23-12-6-8-14-25(23)27/h2-18H,1H3,(H,29,30). The maximum atomic E-state index is 12.0. The third-order valence-corrected chi connectivity index (χ3v) is 5.66. The predicted octanol–water partition coefficient (Wildman–Crippen LogP) is 6.69. The highest BCUT2D eigenvalue weighted by Crippen LogP contribution is 2.43. The largest absolute Gasteiger partial charge is 0.355 e. The molecular formula is C28H21NO. The Labute approximate surface area is 175 Å². The third kappa shape index (κ3) is 2.94. The molecule has 2 nitrogen and oxygen atoms in total. The van der Waals surface area contributed by atoms with Crippen LogP contribution in [-0.2, 0) is 0 Å². The zero-order chi connectivity index (χ0) is 20.5. The van der Waals surface area contributed by atoms with E-state index in [0.717, 1.165) is 5.56 Å². The van der Waals surface area contributed by atoms with Crippen LogP contribution in [0.1, 0.15) is 10.4 Å². The highest BCUT2D eigenvalue weighted by atomic mass is 16.1. The van der Waals surface area contributed by atoms with Crippen molar-refractivity contribution >= 4 is 27.5 Å². The van der Waals surface area contributed by atoms with Crippen LogP contribution in [0.5, 0.6) is 0 Å². The fourth-order valence-corrected chi connectivity index (χ4v) is 4.29. The van der Waals surface area contributed by atoms with Crippen LogP contribution in [0.3, 0.4) is 0 Å². The van der Waals surface area contributed by atoms with Gasteiger partial charge in [-0.3, -0.25) is 4.79 Å². The number of rotatable bonds is 3. The molecule has 0 atom stereocenters. The number of hydrogen-bond donors (Lipinski definition) is 1. The molecular weight excluding hydrogens is 366 g/mol. The number of amides is 1. The van der Waals surface area contributed by atoms with Crippen LogP contribution in [-0.4, -0.2) is 13.0 Å². The van der Waals surface area contributed by atoms with E-state index in [9.17, 15) is 4.79 Å². The summed E-state index contributed by atoms with van der Waals surface area (Å²) in [6, 6.07) is 35.6. The minimum Gasteiger partial charge on any atom is -0.355 e. The Morgan fingerprint density at radius 2 is 0.933 bits per heavy atom. The van der Waals surface area contributed by atoms with Gasteiger partial charge >= 0.3 is 0 Å². The van der Waals surface area contributed by atoms with Gasteiger partial charge in [0, 0.05) is 12.6 Å². The Kier molecular flexibility index (Phi) is 4.53. The van der Waals surface area contributed by atoms with Crippen LogP contribution in [0.4, 0.5) is 0 Å². The van der Waals surface area contributed by atoms with Gasteiger partial charge in [-0.1, -0.05) is 91.0 Å². The molecule has 0 saturated carbocycles. The summed E-state index contributed by atoms with van der Waals surface area (Å²) in [4.78, 5) is 12.0. The zero-order valence-electron chi connectivity index (χ0n) is 16.7. The molecule has 0 saturated heterocycles. The number of carbonyl (C=O) groups is 1. The molecule has 0 unspecified atom stereocenters. The van der Waals surface area contributed by atoms with Crippen molar-refractivity contribution in [3.63, 3.8) is 0 Å². The molecule has 144 valence electrons. The lowest BCUT2D eigenvalue weighted by Crippen LogP contribution is -2.17. The van der Waals surface area contributed by atoms with Crippen molar-refractivity contribution in [2.75, 3.05) is 7.05 Å². The molecule has 5 aromatic rings. The summed E-state index contributed by atoms with van der Waals surface area (Å²) < 4.78 is 0. The normalized spacial score (nSPS) is 11.0. The molecule has 1 amide bonds. The summed E-state index contributed by atoms with van der Waals surface area (Å²) in [6.07, 6.45) is 0. The van der Waals surface area contributed by atoms with E-state index in [2.05, 4.69) is 84.2 Å². The fourth-order valence-electron chi connectivity index (χ4n) is 4.29. The van der Waals surface area contributed by atoms with E-state index < -0.39 is 0 Å². The maximum Gasteiger partial charge on any atom is 0.251 e. The Morgan fingerprint density at radius 1 is 0.533 bits per heavy atom. The SMILES string of the molecule is CNC(=O)c1ccc(-c2c3ccccc3c(-c3ccccc3)c3ccccc23)cc1. The number of nitrogens with one attached hydrogen (secondary N) is 1. The smallest absolute Gasteiger partial charge is 0.251 e. The van der Waals surface area contributed by atoms with Crippen molar-refractivity contribution in [3.05, 3.63) is 109 Å². The Hall–Kier alpha value is -3.91. The second kappa shape index (κ2) is 7.49. The average Bonchev–Trinajstić information content (AvgIpc) is 2.82. The summed E-state index contributed by atoms with van der Waals surface area (Å²) in [7, 11) is 1.65. The molecule has 2 heteroatoms. The Morgan fingerprint density at radius 3 is 1.37 bits per heavy atom. The van der Waals surface area contributed by atoms with Gasteiger partial charge < -0.3 is 5.32 Å². The summed E-state index contributed by atoms with van der Waals surface area (Å²) in [5.74, 6) is -0.0734. The van der Waals surface area contributed by atoms with E-state index in [1.165, 1.54) is 38.2 Å². The maximum absolute atomic E-state index is 12.0. The molecule has 0 spiro atoms. The molecule has 0 aromatic heterocycles. The van der Waals surface area contributed by atoms with Crippen LogP contribution in [0.15, 0.2) is 103 Å². The van der Waals surface area contributed by atoms with Gasteiger partial charge in [0.05, 0.1) is 0 Å². The zero-order valence-corrected chi connectivity index (χ0v) is 16.7.